The number of ether oxygens (including phenoxy) is 3. The lowest BCUT2D eigenvalue weighted by atomic mass is 9.92. The Bertz CT molecular complexity index is 1830. The number of pyridine rings is 1. The van der Waals surface area contributed by atoms with Crippen molar-refractivity contribution < 1.29 is 56.5 Å². The highest BCUT2D eigenvalue weighted by atomic mass is 19.4. The van der Waals surface area contributed by atoms with E-state index in [2.05, 4.69) is 15.6 Å². The van der Waals surface area contributed by atoms with E-state index in [0.29, 0.717) is 19.3 Å². The van der Waals surface area contributed by atoms with E-state index in [1.54, 1.807) is 27.7 Å². The summed E-state index contributed by atoms with van der Waals surface area (Å²) in [4.78, 5) is 73.5. The van der Waals surface area contributed by atoms with Crippen LogP contribution in [0.2, 0.25) is 0 Å². The number of hydrogen-bond acceptors (Lipinski definition) is 10. The normalized spacial score (nSPS) is 25.1. The van der Waals surface area contributed by atoms with Gasteiger partial charge in [0.05, 0.1) is 24.8 Å². The zero-order valence-electron chi connectivity index (χ0n) is 31.0. The molecule has 0 bridgehead atoms. The Hall–Kier alpha value is -4.89. The van der Waals surface area contributed by atoms with Gasteiger partial charge < -0.3 is 34.9 Å². The molecule has 54 heavy (non-hydrogen) atoms. The third-order valence-electron chi connectivity index (χ3n) is 9.88. The Kier molecular flexibility index (Phi) is 11.8. The molecule has 5 atom stereocenters. The summed E-state index contributed by atoms with van der Waals surface area (Å²) in [5.41, 5.74) is -4.70. The van der Waals surface area contributed by atoms with Crippen LogP contribution in [-0.4, -0.2) is 88.1 Å². The van der Waals surface area contributed by atoms with Gasteiger partial charge in [-0.25, -0.2) is 14.6 Å². The number of nitrogens with zero attached hydrogens (tertiary/aromatic N) is 2. The fourth-order valence-electron chi connectivity index (χ4n) is 7.23. The molecule has 3 N–H and O–H groups in total. The average Bonchev–Trinajstić information content (AvgIpc) is 3.61. The predicted molar refractivity (Wildman–Crippen MR) is 189 cm³/mol. The lowest BCUT2D eigenvalue weighted by molar-refractivity contribution is -0.150. The van der Waals surface area contributed by atoms with E-state index in [-0.39, 0.29) is 55.0 Å². The van der Waals surface area contributed by atoms with E-state index in [1.807, 2.05) is 12.2 Å². The quantitative estimate of drug-likeness (QED) is 0.183. The molecule has 13 nitrogen and oxygen atoms in total. The van der Waals surface area contributed by atoms with Gasteiger partial charge in [-0.1, -0.05) is 25.0 Å². The Morgan fingerprint density at radius 1 is 1.13 bits per heavy atom. The number of aromatic hydroxyl groups is 1. The van der Waals surface area contributed by atoms with E-state index in [9.17, 15) is 42.3 Å². The first-order valence-corrected chi connectivity index (χ1v) is 18.2. The second kappa shape index (κ2) is 15.8. The van der Waals surface area contributed by atoms with Gasteiger partial charge in [0.2, 0.25) is 11.8 Å². The molecule has 2 aliphatic heterocycles. The molecule has 2 aromatic rings. The molecule has 5 rings (SSSR count). The molecular weight excluding hydrogens is 713 g/mol. The molecule has 0 spiro atoms. The summed E-state index contributed by atoms with van der Waals surface area (Å²) in [6.07, 6.45) is 0.527. The molecule has 1 saturated carbocycles. The Morgan fingerprint density at radius 2 is 1.87 bits per heavy atom. The molecule has 1 saturated heterocycles. The summed E-state index contributed by atoms with van der Waals surface area (Å²) in [5.74, 6) is -5.08. The molecule has 3 aliphatic rings. The second-order valence-corrected chi connectivity index (χ2v) is 15.1. The van der Waals surface area contributed by atoms with Crippen LogP contribution in [0.15, 0.2) is 30.4 Å². The number of alkyl halides is 3. The molecule has 1 aromatic carbocycles. The smallest absolute Gasteiger partial charge is 0.437 e. The zero-order chi connectivity index (χ0) is 39.6. The molecule has 3 amide bonds. The first-order chi connectivity index (χ1) is 25.4. The number of allylic oxidation sites excluding steroid dienone is 1. The standard InChI is InChI=1S/C38H47F3N4O9/c1-6-53-34(50)37-19-22(37)12-10-8-7-9-11-13-26(43-35(51)54-36(2,3)4)33(49)45-20-21(16-27(45)32(48)44-37)17-28(46)29-24-18-23(52-5)14-15-25(24)42-31(30(29)47)38(39,40)41/h10,12,14-15,18,21-22,26-27,47H,6-9,11,13,16-17,19-20H2,1-5H3,(H,43,51)(H,44,48). The molecule has 3 heterocycles. The molecule has 5 unspecified atom stereocenters. The van der Waals surface area contributed by atoms with Crippen molar-refractivity contribution in [2.75, 3.05) is 20.3 Å². The zero-order valence-corrected chi connectivity index (χ0v) is 31.0. The van der Waals surface area contributed by atoms with Crippen molar-refractivity contribution in [1.29, 1.82) is 0 Å². The second-order valence-electron chi connectivity index (χ2n) is 15.1. The van der Waals surface area contributed by atoms with Gasteiger partial charge in [0, 0.05) is 24.3 Å². The molecule has 0 radical (unpaired) electrons. The summed E-state index contributed by atoms with van der Waals surface area (Å²) >= 11 is 0. The number of esters is 1. The monoisotopic (exact) mass is 760 g/mol. The van der Waals surface area contributed by atoms with E-state index in [1.165, 1.54) is 30.2 Å². The number of nitrogens with one attached hydrogen (secondary N) is 2. The summed E-state index contributed by atoms with van der Waals surface area (Å²) in [6, 6.07) is 1.57. The van der Waals surface area contributed by atoms with Crippen LogP contribution < -0.4 is 15.4 Å². The third-order valence-corrected chi connectivity index (χ3v) is 9.88. The number of halogens is 3. The molecule has 2 fully saturated rings. The van der Waals surface area contributed by atoms with Crippen LogP contribution in [0.3, 0.4) is 0 Å². The lowest BCUT2D eigenvalue weighted by Gasteiger charge is -2.30. The first-order valence-electron chi connectivity index (χ1n) is 18.2. The highest BCUT2D eigenvalue weighted by Crippen LogP contribution is 2.47. The fraction of sp³-hybridized carbons (Fsp3) is 0.579. The molecule has 1 aromatic heterocycles. The van der Waals surface area contributed by atoms with E-state index in [4.69, 9.17) is 14.2 Å². The van der Waals surface area contributed by atoms with Crippen LogP contribution in [0.5, 0.6) is 11.5 Å². The third kappa shape index (κ3) is 8.90. The van der Waals surface area contributed by atoms with Gasteiger partial charge in [0.15, 0.2) is 17.2 Å². The SMILES string of the molecule is CCOC(=O)C12CC1C=CCCCCCC(NC(=O)OC(C)(C)C)C(=O)N1CC(CC(=O)c3c(O)c(C(F)(F)F)nc4ccc(OC)cc34)CC1C(=O)N2. The number of Topliss-reactive ketones (excluding diaryl/α,β-unsaturated/α-hetero) is 1. The number of methoxy groups -OCH3 is 1. The Balaban J connectivity index is 1.51. The largest absolute Gasteiger partial charge is 0.505 e. The van der Waals surface area contributed by atoms with Crippen molar-refractivity contribution in [3.8, 4) is 11.5 Å². The minimum absolute atomic E-state index is 0.0710. The number of benzene rings is 1. The van der Waals surface area contributed by atoms with Crippen LogP contribution >= 0.6 is 0 Å². The van der Waals surface area contributed by atoms with E-state index in [0.717, 1.165) is 6.42 Å². The van der Waals surface area contributed by atoms with Crippen LogP contribution in [0, 0.1) is 11.8 Å². The van der Waals surface area contributed by atoms with Gasteiger partial charge in [-0.05, 0) is 83.9 Å². The highest BCUT2D eigenvalue weighted by Gasteiger charge is 2.62. The van der Waals surface area contributed by atoms with Gasteiger partial charge in [-0.15, -0.1) is 0 Å². The van der Waals surface area contributed by atoms with Crippen molar-refractivity contribution in [3.63, 3.8) is 0 Å². The maximum Gasteiger partial charge on any atom is 0.437 e. The fourth-order valence-corrected chi connectivity index (χ4v) is 7.23. The number of aromatic nitrogens is 1. The summed E-state index contributed by atoms with van der Waals surface area (Å²) in [5, 5.41) is 16.3. The van der Waals surface area contributed by atoms with Crippen LogP contribution in [0.1, 0.15) is 95.1 Å². The number of carbonyl (C=O) groups excluding carboxylic acids is 5. The van der Waals surface area contributed by atoms with Crippen LogP contribution in [0.4, 0.5) is 18.0 Å². The maximum absolute atomic E-state index is 14.4. The molecule has 16 heteroatoms. The number of amides is 3. The summed E-state index contributed by atoms with van der Waals surface area (Å²) in [7, 11) is 1.33. The van der Waals surface area contributed by atoms with Crippen molar-refractivity contribution in [3.05, 3.63) is 41.6 Å². The summed E-state index contributed by atoms with van der Waals surface area (Å²) in [6.45, 7) is 6.53. The number of hydrogen-bond donors (Lipinski definition) is 3. The molecule has 294 valence electrons. The van der Waals surface area contributed by atoms with E-state index >= 15 is 0 Å². The minimum atomic E-state index is -5.09. The number of fused-ring (bicyclic) bond motifs is 3. The number of alkyl carbamates (subject to hydrolysis) is 1. The van der Waals surface area contributed by atoms with Gasteiger partial charge in [0.25, 0.3) is 0 Å². The average molecular weight is 761 g/mol. The van der Waals surface area contributed by atoms with Crippen LogP contribution in [0.25, 0.3) is 10.9 Å². The van der Waals surface area contributed by atoms with Gasteiger partial charge in [-0.2, -0.15) is 13.2 Å². The Morgan fingerprint density at radius 3 is 2.54 bits per heavy atom. The topological polar surface area (TPSA) is 173 Å². The molecule has 1 aliphatic carbocycles. The van der Waals surface area contributed by atoms with Crippen molar-refractivity contribution in [2.24, 2.45) is 11.8 Å². The van der Waals surface area contributed by atoms with Crippen molar-refractivity contribution >= 4 is 40.6 Å². The van der Waals surface area contributed by atoms with Crippen molar-refractivity contribution in [1.82, 2.24) is 20.5 Å². The van der Waals surface area contributed by atoms with Crippen molar-refractivity contribution in [2.45, 2.75) is 108 Å². The number of ketones is 1. The van der Waals surface area contributed by atoms with E-state index < -0.39 is 88.4 Å². The summed E-state index contributed by atoms with van der Waals surface area (Å²) < 4.78 is 58.0. The van der Waals surface area contributed by atoms with Gasteiger partial charge >= 0.3 is 18.2 Å². The number of rotatable bonds is 7. The maximum atomic E-state index is 14.4. The minimum Gasteiger partial charge on any atom is -0.505 e. The van der Waals surface area contributed by atoms with Gasteiger partial charge in [0.1, 0.15) is 29.0 Å². The number of carbonyl (C=O) groups is 5. The Labute approximate surface area is 311 Å². The molecular formula is C38H47F3N4O9. The highest BCUT2D eigenvalue weighted by molar-refractivity contribution is 6.10. The predicted octanol–water partition coefficient (Wildman–Crippen LogP) is 5.61. The first kappa shape index (κ1) is 40.3. The van der Waals surface area contributed by atoms with Crippen LogP contribution in [-0.2, 0) is 30.0 Å². The van der Waals surface area contributed by atoms with Gasteiger partial charge in [-0.3, -0.25) is 14.4 Å². The lowest BCUT2D eigenvalue weighted by Crippen LogP contribution is -2.56.